The zero-order valence-electron chi connectivity index (χ0n) is 11.4. The summed E-state index contributed by atoms with van der Waals surface area (Å²) in [6, 6.07) is 4.94. The Labute approximate surface area is 159 Å². The predicted molar refractivity (Wildman–Crippen MR) is 96.4 cm³/mol. The lowest BCUT2D eigenvalue weighted by Crippen LogP contribution is -2.27. The number of nitrogens with zero attached hydrogens (tertiary/aromatic N) is 1. The minimum absolute atomic E-state index is 0.0220. The van der Waals surface area contributed by atoms with Crippen molar-refractivity contribution < 1.29 is 9.21 Å². The van der Waals surface area contributed by atoms with Crippen LogP contribution in [0.4, 0.5) is 10.5 Å². The van der Waals surface area contributed by atoms with E-state index in [1.54, 1.807) is 0 Å². The van der Waals surface area contributed by atoms with Crippen molar-refractivity contribution in [1.29, 1.82) is 0 Å². The van der Waals surface area contributed by atoms with E-state index in [1.165, 1.54) is 24.3 Å². The highest BCUT2D eigenvalue weighted by molar-refractivity contribution is 6.50. The molecule has 2 aromatic carbocycles. The van der Waals surface area contributed by atoms with Gasteiger partial charge in [-0.1, -0.05) is 58.0 Å². The summed E-state index contributed by atoms with van der Waals surface area (Å²) in [5.74, 6) is -0.948. The number of rotatable bonds is 1. The summed E-state index contributed by atoms with van der Waals surface area (Å²) < 4.78 is 5.73. The minimum Gasteiger partial charge on any atom is -0.406 e. The first-order valence-corrected chi connectivity index (χ1v) is 8.13. The molecule has 0 spiro atoms. The number of hydrogen-bond donors (Lipinski definition) is 1. The van der Waals surface area contributed by atoms with Crippen LogP contribution in [-0.2, 0) is 0 Å². The molecule has 1 amide bonds. The van der Waals surface area contributed by atoms with Crippen LogP contribution in [0.25, 0.3) is 11.1 Å². The van der Waals surface area contributed by atoms with Crippen LogP contribution < -0.4 is 11.1 Å². The first kappa shape index (κ1) is 17.5. The number of hydrogen-bond acceptors (Lipinski definition) is 3. The number of amides is 1. The summed E-state index contributed by atoms with van der Waals surface area (Å²) in [6.45, 7) is 0. The lowest BCUT2D eigenvalue weighted by molar-refractivity contribution is 0.252. The Morgan fingerprint density at radius 2 is 1.58 bits per heavy atom. The summed E-state index contributed by atoms with van der Waals surface area (Å²) in [7, 11) is 0. The molecule has 24 heavy (non-hydrogen) atoms. The maximum atomic E-state index is 12.4. The molecule has 1 N–H and O–H groups in total. The van der Waals surface area contributed by atoms with Gasteiger partial charge >= 0.3 is 11.8 Å². The molecule has 1 heterocycles. The van der Waals surface area contributed by atoms with Crippen LogP contribution in [0.5, 0.6) is 0 Å². The first-order valence-electron chi connectivity index (χ1n) is 6.24. The molecule has 1 aromatic heterocycles. The Kier molecular flexibility index (Phi) is 4.73. The second-order valence-corrected chi connectivity index (χ2v) is 6.66. The number of benzene rings is 2. The normalized spacial score (nSPS) is 11.0. The van der Waals surface area contributed by atoms with E-state index in [4.69, 9.17) is 62.4 Å². The van der Waals surface area contributed by atoms with Gasteiger partial charge in [0.1, 0.15) is 10.5 Å². The zero-order valence-corrected chi connectivity index (χ0v) is 15.2. The maximum Gasteiger partial charge on any atom is 0.428 e. The van der Waals surface area contributed by atoms with Crippen LogP contribution in [0.3, 0.4) is 0 Å². The number of nitrogens with one attached hydrogen (secondary N) is 1. The third-order valence-corrected chi connectivity index (χ3v) is 4.71. The molecule has 0 atom stereocenters. The molecule has 3 aromatic rings. The molecule has 0 bridgehead atoms. The number of aromatic nitrogens is 1. The highest BCUT2D eigenvalue weighted by Crippen LogP contribution is 2.36. The van der Waals surface area contributed by atoms with Gasteiger partial charge < -0.3 is 9.73 Å². The van der Waals surface area contributed by atoms with E-state index in [0.29, 0.717) is 15.7 Å². The van der Waals surface area contributed by atoms with Crippen molar-refractivity contribution in [3.63, 3.8) is 0 Å². The van der Waals surface area contributed by atoms with Crippen molar-refractivity contribution in [2.24, 2.45) is 0 Å². The van der Waals surface area contributed by atoms with E-state index in [0.717, 1.165) is 4.57 Å². The van der Waals surface area contributed by atoms with E-state index in [1.807, 2.05) is 0 Å². The van der Waals surface area contributed by atoms with Gasteiger partial charge in [0.15, 0.2) is 5.58 Å². The van der Waals surface area contributed by atoms with Crippen molar-refractivity contribution in [3.8, 4) is 0 Å². The van der Waals surface area contributed by atoms with E-state index < -0.39 is 11.8 Å². The molecule has 10 heteroatoms. The SMILES string of the molecule is O=C(Nc1cc(Cl)cc(Cl)c1)n1c(=O)oc2c(Cl)c(Cl)c(Cl)cc21. The summed E-state index contributed by atoms with van der Waals surface area (Å²) in [5.41, 5.74) is 0.324. The molecule has 0 radical (unpaired) electrons. The second-order valence-electron chi connectivity index (χ2n) is 4.63. The minimum atomic E-state index is -0.948. The quantitative estimate of drug-likeness (QED) is 0.490. The number of oxazole rings is 1. The molecule has 3 rings (SSSR count). The lowest BCUT2D eigenvalue weighted by Gasteiger charge is -2.07. The van der Waals surface area contributed by atoms with Crippen molar-refractivity contribution in [2.45, 2.75) is 0 Å². The number of anilines is 1. The molecular weight excluding hydrogens is 421 g/mol. The molecule has 0 saturated heterocycles. The first-order chi connectivity index (χ1) is 11.3. The smallest absolute Gasteiger partial charge is 0.406 e. The monoisotopic (exact) mass is 424 g/mol. The Balaban J connectivity index is 2.10. The van der Waals surface area contributed by atoms with Gasteiger partial charge in [-0.2, -0.15) is 4.57 Å². The number of fused-ring (bicyclic) bond motifs is 1. The molecule has 0 saturated carbocycles. The van der Waals surface area contributed by atoms with Gasteiger partial charge in [0, 0.05) is 15.7 Å². The fraction of sp³-hybridized carbons (Fsp3) is 0. The molecular formula is C14H5Cl5N2O3. The van der Waals surface area contributed by atoms with E-state index in [9.17, 15) is 9.59 Å². The summed E-state index contributed by atoms with van der Waals surface area (Å²) >= 11 is 29.6. The van der Waals surface area contributed by atoms with Gasteiger partial charge in [0.25, 0.3) is 0 Å². The van der Waals surface area contributed by atoms with E-state index in [2.05, 4.69) is 5.32 Å². The molecule has 0 aliphatic rings. The van der Waals surface area contributed by atoms with Crippen LogP contribution in [0, 0.1) is 0 Å². The number of carbonyl (C=O) groups excluding carboxylic acids is 1. The van der Waals surface area contributed by atoms with Gasteiger partial charge in [0.05, 0.1) is 10.0 Å². The maximum absolute atomic E-state index is 12.4. The Morgan fingerprint density at radius 3 is 2.21 bits per heavy atom. The fourth-order valence-corrected chi connectivity index (χ4v) is 3.21. The highest BCUT2D eigenvalue weighted by Gasteiger charge is 2.21. The standard InChI is InChI=1S/C14H5Cl5N2O3/c15-5-1-6(16)3-7(2-5)20-13(22)21-9-4-8(17)10(18)11(19)12(9)24-14(21)23/h1-4H,(H,20,22). The molecule has 124 valence electrons. The van der Waals surface area contributed by atoms with E-state index >= 15 is 0 Å². The molecule has 0 unspecified atom stereocenters. The summed E-state index contributed by atoms with van der Waals surface area (Å²) in [4.78, 5) is 24.4. The average molecular weight is 426 g/mol. The third-order valence-electron chi connectivity index (χ3n) is 3.03. The molecule has 5 nitrogen and oxygen atoms in total. The largest absolute Gasteiger partial charge is 0.428 e. The summed E-state index contributed by atoms with van der Waals surface area (Å²) in [5, 5.41) is 3.16. The van der Waals surface area contributed by atoms with Gasteiger partial charge in [-0.25, -0.2) is 9.59 Å². The Morgan fingerprint density at radius 1 is 0.958 bits per heavy atom. The summed E-state index contributed by atoms with van der Waals surface area (Å²) in [6.07, 6.45) is 0. The van der Waals surface area contributed by atoms with Crippen molar-refractivity contribution in [3.05, 3.63) is 59.9 Å². The Bertz CT molecular complexity index is 1020. The number of halogens is 5. The van der Waals surface area contributed by atoms with Crippen LogP contribution in [0.2, 0.25) is 25.1 Å². The molecule has 0 aliphatic carbocycles. The third kappa shape index (κ3) is 3.10. The van der Waals surface area contributed by atoms with Gasteiger partial charge in [-0.3, -0.25) is 0 Å². The van der Waals surface area contributed by atoms with Gasteiger partial charge in [-0.15, -0.1) is 0 Å². The van der Waals surface area contributed by atoms with E-state index in [-0.39, 0.29) is 26.2 Å². The van der Waals surface area contributed by atoms with Crippen molar-refractivity contribution >= 4 is 80.8 Å². The zero-order chi connectivity index (χ0) is 17.6. The Hall–Kier alpha value is -1.37. The molecule has 0 fully saturated rings. The van der Waals surface area contributed by atoms with Crippen molar-refractivity contribution in [2.75, 3.05) is 5.32 Å². The fourth-order valence-electron chi connectivity index (χ4n) is 2.06. The van der Waals surface area contributed by atoms with Crippen LogP contribution >= 0.6 is 58.0 Å². The van der Waals surface area contributed by atoms with Crippen molar-refractivity contribution in [1.82, 2.24) is 4.57 Å². The lowest BCUT2D eigenvalue weighted by atomic mass is 10.3. The topological polar surface area (TPSA) is 64.2 Å². The average Bonchev–Trinajstić information content (AvgIpc) is 2.80. The molecule has 0 aliphatic heterocycles. The highest BCUT2D eigenvalue weighted by atomic mass is 35.5. The van der Waals surface area contributed by atoms with Crippen LogP contribution in [0.15, 0.2) is 33.5 Å². The van der Waals surface area contributed by atoms with Crippen LogP contribution in [0.1, 0.15) is 0 Å². The second kappa shape index (κ2) is 6.50. The number of carbonyl (C=O) groups is 1. The van der Waals surface area contributed by atoms with Crippen LogP contribution in [-0.4, -0.2) is 10.6 Å². The van der Waals surface area contributed by atoms with Gasteiger partial charge in [0.2, 0.25) is 0 Å². The van der Waals surface area contributed by atoms with Gasteiger partial charge in [-0.05, 0) is 24.3 Å². The predicted octanol–water partition coefficient (Wildman–Crippen LogP) is 5.94.